The Morgan fingerprint density at radius 2 is 2.21 bits per heavy atom. The minimum absolute atomic E-state index is 0.133. The van der Waals surface area contributed by atoms with E-state index in [1.54, 1.807) is 4.90 Å². The molecule has 1 aliphatic rings. The predicted molar refractivity (Wildman–Crippen MR) is 70.9 cm³/mol. The van der Waals surface area contributed by atoms with Crippen molar-refractivity contribution in [3.63, 3.8) is 0 Å². The molecule has 0 aromatic rings. The Labute approximate surface area is 113 Å². The van der Waals surface area contributed by atoms with Gasteiger partial charge < -0.3 is 20.4 Å². The van der Waals surface area contributed by atoms with Crippen LogP contribution in [0.5, 0.6) is 0 Å². The average molecular weight is 272 g/mol. The van der Waals surface area contributed by atoms with Crippen LogP contribution in [0, 0.1) is 5.92 Å². The molecule has 0 aliphatic carbocycles. The second-order valence-corrected chi connectivity index (χ2v) is 5.10. The van der Waals surface area contributed by atoms with Crippen molar-refractivity contribution in [2.75, 3.05) is 19.7 Å². The molecular formula is C13H24N2O4. The molecule has 6 heteroatoms. The fourth-order valence-electron chi connectivity index (χ4n) is 2.34. The fraction of sp³-hybridized carbons (Fsp3) is 0.846. The van der Waals surface area contributed by atoms with Crippen molar-refractivity contribution in [1.29, 1.82) is 0 Å². The van der Waals surface area contributed by atoms with E-state index in [0.717, 1.165) is 19.3 Å². The number of likely N-dealkylation sites (tertiary alicyclic amines) is 1. The zero-order chi connectivity index (χ0) is 14.3. The summed E-state index contributed by atoms with van der Waals surface area (Å²) in [6.07, 6.45) is 3.72. The van der Waals surface area contributed by atoms with Gasteiger partial charge in [-0.05, 0) is 25.2 Å². The highest BCUT2D eigenvalue weighted by Gasteiger charge is 2.28. The van der Waals surface area contributed by atoms with Crippen molar-refractivity contribution >= 4 is 12.0 Å². The Morgan fingerprint density at radius 1 is 1.47 bits per heavy atom. The van der Waals surface area contributed by atoms with Crippen LogP contribution in [-0.4, -0.2) is 52.9 Å². The van der Waals surface area contributed by atoms with E-state index in [0.29, 0.717) is 31.8 Å². The number of aliphatic hydroxyl groups excluding tert-OH is 1. The first kappa shape index (κ1) is 15.8. The van der Waals surface area contributed by atoms with Crippen molar-refractivity contribution < 1.29 is 19.8 Å². The Morgan fingerprint density at radius 3 is 2.79 bits per heavy atom. The quantitative estimate of drug-likeness (QED) is 0.646. The summed E-state index contributed by atoms with van der Waals surface area (Å²) in [5, 5.41) is 20.5. The van der Waals surface area contributed by atoms with Gasteiger partial charge in [-0.2, -0.15) is 0 Å². The van der Waals surface area contributed by atoms with E-state index in [1.807, 2.05) is 6.92 Å². The molecule has 110 valence electrons. The van der Waals surface area contributed by atoms with E-state index < -0.39 is 12.0 Å². The first-order valence-electron chi connectivity index (χ1n) is 6.97. The number of carbonyl (C=O) groups is 2. The molecule has 1 heterocycles. The standard InChI is InChI=1S/C13H24N2O4/c1-2-3-4-11(12(17)18)14-13(19)15-7-5-10(9-15)6-8-16/h10-11,16H,2-9H2,1H3,(H,14,19)(H,17,18). The number of carboxylic acids is 1. The van der Waals surface area contributed by atoms with Gasteiger partial charge in [0.25, 0.3) is 0 Å². The van der Waals surface area contributed by atoms with Crippen molar-refractivity contribution in [2.24, 2.45) is 5.92 Å². The van der Waals surface area contributed by atoms with Crippen LogP contribution >= 0.6 is 0 Å². The van der Waals surface area contributed by atoms with Crippen LogP contribution < -0.4 is 5.32 Å². The summed E-state index contributed by atoms with van der Waals surface area (Å²) < 4.78 is 0. The summed E-state index contributed by atoms with van der Waals surface area (Å²) in [6, 6.07) is -1.10. The lowest BCUT2D eigenvalue weighted by Gasteiger charge is -2.21. The Hall–Kier alpha value is -1.30. The van der Waals surface area contributed by atoms with Crippen LogP contribution in [0.25, 0.3) is 0 Å². The highest BCUT2D eigenvalue weighted by Crippen LogP contribution is 2.19. The molecule has 2 atom stereocenters. The third-order valence-electron chi connectivity index (χ3n) is 3.55. The van der Waals surface area contributed by atoms with Crippen LogP contribution in [0.4, 0.5) is 4.79 Å². The highest BCUT2D eigenvalue weighted by atomic mass is 16.4. The molecular weight excluding hydrogens is 248 g/mol. The lowest BCUT2D eigenvalue weighted by molar-refractivity contribution is -0.139. The van der Waals surface area contributed by atoms with Crippen LogP contribution in [0.1, 0.15) is 39.0 Å². The van der Waals surface area contributed by atoms with E-state index in [9.17, 15) is 9.59 Å². The first-order valence-corrected chi connectivity index (χ1v) is 6.97. The third kappa shape index (κ3) is 5.06. The van der Waals surface area contributed by atoms with E-state index in [1.165, 1.54) is 0 Å². The average Bonchev–Trinajstić information content (AvgIpc) is 2.83. The van der Waals surface area contributed by atoms with Gasteiger partial charge in [0.1, 0.15) is 6.04 Å². The molecule has 0 aromatic carbocycles. The predicted octanol–water partition coefficient (Wildman–Crippen LogP) is 1.04. The monoisotopic (exact) mass is 272 g/mol. The number of carboxylic acid groups (broad SMARTS) is 1. The van der Waals surface area contributed by atoms with Crippen LogP contribution in [0.2, 0.25) is 0 Å². The smallest absolute Gasteiger partial charge is 0.326 e. The van der Waals surface area contributed by atoms with Gasteiger partial charge in [0.15, 0.2) is 0 Å². The fourth-order valence-corrected chi connectivity index (χ4v) is 2.34. The van der Waals surface area contributed by atoms with E-state index in [2.05, 4.69) is 5.32 Å². The molecule has 1 rings (SSSR count). The Kier molecular flexibility index (Phi) is 6.62. The van der Waals surface area contributed by atoms with Crippen LogP contribution in [0.15, 0.2) is 0 Å². The van der Waals surface area contributed by atoms with E-state index in [-0.39, 0.29) is 12.6 Å². The van der Waals surface area contributed by atoms with Crippen molar-refractivity contribution in [1.82, 2.24) is 10.2 Å². The number of rotatable bonds is 7. The molecule has 2 unspecified atom stereocenters. The minimum atomic E-state index is -0.979. The maximum absolute atomic E-state index is 12.0. The zero-order valence-corrected chi connectivity index (χ0v) is 11.5. The molecule has 19 heavy (non-hydrogen) atoms. The molecule has 0 radical (unpaired) electrons. The van der Waals surface area contributed by atoms with Crippen molar-refractivity contribution in [3.8, 4) is 0 Å². The summed E-state index contributed by atoms with van der Waals surface area (Å²) in [5.41, 5.74) is 0. The summed E-state index contributed by atoms with van der Waals surface area (Å²) in [6.45, 7) is 3.36. The molecule has 1 fully saturated rings. The van der Waals surface area contributed by atoms with Gasteiger partial charge in [0.05, 0.1) is 0 Å². The van der Waals surface area contributed by atoms with Gasteiger partial charge in [-0.1, -0.05) is 19.8 Å². The molecule has 0 spiro atoms. The number of urea groups is 1. The second kappa shape index (κ2) is 7.99. The maximum atomic E-state index is 12.0. The van der Waals surface area contributed by atoms with Crippen LogP contribution in [-0.2, 0) is 4.79 Å². The summed E-state index contributed by atoms with van der Waals surface area (Å²) in [5.74, 6) is -0.650. The molecule has 1 saturated heterocycles. The Balaban J connectivity index is 2.42. The first-order chi connectivity index (χ1) is 9.08. The van der Waals surface area contributed by atoms with Gasteiger partial charge in [-0.15, -0.1) is 0 Å². The van der Waals surface area contributed by atoms with Gasteiger partial charge in [0.2, 0.25) is 0 Å². The maximum Gasteiger partial charge on any atom is 0.326 e. The highest BCUT2D eigenvalue weighted by molar-refractivity contribution is 5.82. The normalized spacial score (nSPS) is 20.3. The number of nitrogens with zero attached hydrogens (tertiary/aromatic N) is 1. The van der Waals surface area contributed by atoms with Gasteiger partial charge >= 0.3 is 12.0 Å². The number of nitrogens with one attached hydrogen (secondary N) is 1. The summed E-state index contributed by atoms with van der Waals surface area (Å²) in [7, 11) is 0. The number of amides is 2. The third-order valence-corrected chi connectivity index (χ3v) is 3.55. The van der Waals surface area contributed by atoms with E-state index >= 15 is 0 Å². The van der Waals surface area contributed by atoms with Crippen molar-refractivity contribution in [2.45, 2.75) is 45.1 Å². The molecule has 0 aromatic heterocycles. The number of hydrogen-bond acceptors (Lipinski definition) is 3. The molecule has 1 aliphatic heterocycles. The second-order valence-electron chi connectivity index (χ2n) is 5.10. The topological polar surface area (TPSA) is 89.9 Å². The van der Waals surface area contributed by atoms with Crippen molar-refractivity contribution in [3.05, 3.63) is 0 Å². The number of aliphatic hydroxyl groups is 1. The van der Waals surface area contributed by atoms with Gasteiger partial charge in [-0.3, -0.25) is 0 Å². The number of aliphatic carboxylic acids is 1. The summed E-state index contributed by atoms with van der Waals surface area (Å²) >= 11 is 0. The zero-order valence-electron chi connectivity index (χ0n) is 11.5. The van der Waals surface area contributed by atoms with Gasteiger partial charge in [-0.25, -0.2) is 9.59 Å². The number of unbranched alkanes of at least 4 members (excludes halogenated alkanes) is 1. The largest absolute Gasteiger partial charge is 0.480 e. The molecule has 2 amide bonds. The molecule has 6 nitrogen and oxygen atoms in total. The SMILES string of the molecule is CCCCC(NC(=O)N1CCC(CCO)C1)C(=O)O. The molecule has 3 N–H and O–H groups in total. The Bertz CT molecular complexity index is 309. The van der Waals surface area contributed by atoms with Gasteiger partial charge in [0, 0.05) is 19.7 Å². The molecule has 0 bridgehead atoms. The number of carbonyl (C=O) groups excluding carboxylic acids is 1. The summed E-state index contributed by atoms with van der Waals surface area (Å²) in [4.78, 5) is 24.7. The van der Waals surface area contributed by atoms with Crippen LogP contribution in [0.3, 0.4) is 0 Å². The lowest BCUT2D eigenvalue weighted by atomic mass is 10.1. The number of hydrogen-bond donors (Lipinski definition) is 3. The molecule has 0 saturated carbocycles. The minimum Gasteiger partial charge on any atom is -0.480 e. The van der Waals surface area contributed by atoms with E-state index in [4.69, 9.17) is 10.2 Å². The lowest BCUT2D eigenvalue weighted by Crippen LogP contribution is -2.47.